The van der Waals surface area contributed by atoms with Crippen molar-refractivity contribution >= 4 is 11.6 Å². The number of nitrogens with zero attached hydrogens (tertiary/aromatic N) is 1. The Balaban J connectivity index is 1.62. The molecule has 1 saturated heterocycles. The Morgan fingerprint density at radius 2 is 1.91 bits per heavy atom. The maximum Gasteiger partial charge on any atom is 0.265 e. The number of hydrogen-bond donors (Lipinski definition) is 2. The first-order chi connectivity index (χ1) is 11.3. The van der Waals surface area contributed by atoms with E-state index >= 15 is 0 Å². The van der Waals surface area contributed by atoms with Crippen LogP contribution in [0.4, 0.5) is 5.69 Å². The Morgan fingerprint density at radius 3 is 2.61 bits per heavy atom. The first-order valence-electron chi connectivity index (χ1n) is 7.78. The number of hydrogen-bond acceptors (Lipinski definition) is 4. The van der Waals surface area contributed by atoms with Crippen molar-refractivity contribution in [3.63, 3.8) is 0 Å². The van der Waals surface area contributed by atoms with Crippen molar-refractivity contribution in [2.45, 2.75) is 12.5 Å². The zero-order valence-corrected chi connectivity index (χ0v) is 12.9. The lowest BCUT2D eigenvalue weighted by Gasteiger charge is -2.34. The highest BCUT2D eigenvalue weighted by molar-refractivity contribution is 5.93. The quantitative estimate of drug-likeness (QED) is 0.513. The monoisotopic (exact) mass is 311 g/mol. The highest BCUT2D eigenvalue weighted by atomic mass is 16.5. The van der Waals surface area contributed by atoms with Crippen molar-refractivity contribution in [2.24, 2.45) is 5.84 Å². The topological polar surface area (TPSA) is 67.6 Å². The SMILES string of the molecule is NNC(=O)c1ccc(CC2CN(c3ccccc3)CCO2)cc1. The first kappa shape index (κ1) is 15.5. The van der Waals surface area contributed by atoms with E-state index in [4.69, 9.17) is 10.6 Å². The summed E-state index contributed by atoms with van der Waals surface area (Å²) in [6, 6.07) is 17.9. The molecule has 2 aromatic rings. The van der Waals surface area contributed by atoms with Gasteiger partial charge < -0.3 is 9.64 Å². The van der Waals surface area contributed by atoms with Gasteiger partial charge in [0.2, 0.25) is 0 Å². The molecule has 1 aliphatic heterocycles. The summed E-state index contributed by atoms with van der Waals surface area (Å²) in [7, 11) is 0. The van der Waals surface area contributed by atoms with Crippen LogP contribution in [0.5, 0.6) is 0 Å². The molecule has 23 heavy (non-hydrogen) atoms. The third-order valence-electron chi connectivity index (χ3n) is 4.07. The van der Waals surface area contributed by atoms with E-state index in [1.165, 1.54) is 5.69 Å². The third-order valence-corrected chi connectivity index (χ3v) is 4.07. The van der Waals surface area contributed by atoms with Crippen molar-refractivity contribution in [1.29, 1.82) is 0 Å². The lowest BCUT2D eigenvalue weighted by atomic mass is 10.0. The number of nitrogens with one attached hydrogen (secondary N) is 1. The van der Waals surface area contributed by atoms with Crippen LogP contribution < -0.4 is 16.2 Å². The molecule has 1 amide bonds. The van der Waals surface area contributed by atoms with Crippen LogP contribution in [0.1, 0.15) is 15.9 Å². The van der Waals surface area contributed by atoms with Crippen LogP contribution in [0, 0.1) is 0 Å². The highest BCUT2D eigenvalue weighted by Gasteiger charge is 2.21. The second-order valence-electron chi connectivity index (χ2n) is 5.65. The molecule has 0 bridgehead atoms. The standard InChI is InChI=1S/C18H21N3O2/c19-20-18(22)15-8-6-14(7-9-15)12-17-13-21(10-11-23-17)16-4-2-1-3-5-16/h1-9,17H,10-13,19H2,(H,20,22). The number of rotatable bonds is 4. The van der Waals surface area contributed by atoms with Gasteiger partial charge >= 0.3 is 0 Å². The van der Waals surface area contributed by atoms with Crippen LogP contribution in [0.2, 0.25) is 0 Å². The molecule has 5 nitrogen and oxygen atoms in total. The molecule has 0 radical (unpaired) electrons. The van der Waals surface area contributed by atoms with Gasteiger partial charge in [-0.15, -0.1) is 0 Å². The smallest absolute Gasteiger partial charge is 0.265 e. The van der Waals surface area contributed by atoms with Crippen LogP contribution >= 0.6 is 0 Å². The number of carbonyl (C=O) groups excluding carboxylic acids is 1. The number of nitrogen functional groups attached to an aromatic ring is 1. The summed E-state index contributed by atoms with van der Waals surface area (Å²) < 4.78 is 5.89. The Kier molecular flexibility index (Phi) is 4.90. The van der Waals surface area contributed by atoms with Gasteiger partial charge in [-0.25, -0.2) is 5.84 Å². The molecule has 5 heteroatoms. The van der Waals surface area contributed by atoms with E-state index in [0.29, 0.717) is 5.56 Å². The molecule has 0 aromatic heterocycles. The van der Waals surface area contributed by atoms with E-state index in [1.54, 1.807) is 12.1 Å². The second kappa shape index (κ2) is 7.26. The number of anilines is 1. The summed E-state index contributed by atoms with van der Waals surface area (Å²) in [4.78, 5) is 13.8. The fourth-order valence-electron chi connectivity index (χ4n) is 2.85. The molecule has 0 spiro atoms. The normalized spacial score (nSPS) is 17.8. The summed E-state index contributed by atoms with van der Waals surface area (Å²) in [5.41, 5.74) is 5.08. The molecular formula is C18H21N3O2. The molecular weight excluding hydrogens is 290 g/mol. The fourth-order valence-corrected chi connectivity index (χ4v) is 2.85. The third kappa shape index (κ3) is 3.88. The minimum atomic E-state index is -0.277. The van der Waals surface area contributed by atoms with Gasteiger partial charge in [-0.2, -0.15) is 0 Å². The van der Waals surface area contributed by atoms with Crippen LogP contribution in [-0.2, 0) is 11.2 Å². The van der Waals surface area contributed by atoms with Crippen molar-refractivity contribution in [3.8, 4) is 0 Å². The second-order valence-corrected chi connectivity index (χ2v) is 5.65. The molecule has 3 rings (SSSR count). The Hall–Kier alpha value is -2.37. The molecule has 2 aromatic carbocycles. The molecule has 1 fully saturated rings. The number of ether oxygens (including phenoxy) is 1. The van der Waals surface area contributed by atoms with Crippen molar-refractivity contribution in [1.82, 2.24) is 5.43 Å². The summed E-state index contributed by atoms with van der Waals surface area (Å²) in [5.74, 6) is 4.86. The van der Waals surface area contributed by atoms with Crippen molar-refractivity contribution in [3.05, 3.63) is 65.7 Å². The number of benzene rings is 2. The van der Waals surface area contributed by atoms with Crippen molar-refractivity contribution < 1.29 is 9.53 Å². The number of para-hydroxylation sites is 1. The number of morpholine rings is 1. The van der Waals surface area contributed by atoms with Gasteiger partial charge in [0, 0.05) is 30.8 Å². The zero-order valence-electron chi connectivity index (χ0n) is 12.9. The van der Waals surface area contributed by atoms with E-state index in [0.717, 1.165) is 31.7 Å². The highest BCUT2D eigenvalue weighted by Crippen LogP contribution is 2.19. The van der Waals surface area contributed by atoms with E-state index in [1.807, 2.05) is 18.2 Å². The zero-order chi connectivity index (χ0) is 16.1. The fraction of sp³-hybridized carbons (Fsp3) is 0.278. The molecule has 1 heterocycles. The Morgan fingerprint density at radius 1 is 1.17 bits per heavy atom. The van der Waals surface area contributed by atoms with E-state index in [-0.39, 0.29) is 12.0 Å². The van der Waals surface area contributed by atoms with Crippen LogP contribution in [0.15, 0.2) is 54.6 Å². The lowest BCUT2D eigenvalue weighted by molar-refractivity contribution is 0.0411. The molecule has 3 N–H and O–H groups in total. The van der Waals surface area contributed by atoms with Gasteiger partial charge in [0.1, 0.15) is 0 Å². The number of carbonyl (C=O) groups is 1. The van der Waals surface area contributed by atoms with E-state index in [9.17, 15) is 4.79 Å². The summed E-state index contributed by atoms with van der Waals surface area (Å²) in [6.07, 6.45) is 0.978. The Labute approximate surface area is 136 Å². The predicted octanol–water partition coefficient (Wildman–Crippen LogP) is 1.74. The first-order valence-corrected chi connectivity index (χ1v) is 7.78. The minimum Gasteiger partial charge on any atom is -0.374 e. The summed E-state index contributed by atoms with van der Waals surface area (Å²) >= 11 is 0. The average Bonchev–Trinajstić information content (AvgIpc) is 2.63. The van der Waals surface area contributed by atoms with E-state index in [2.05, 4.69) is 34.6 Å². The predicted molar refractivity (Wildman–Crippen MR) is 90.2 cm³/mol. The van der Waals surface area contributed by atoms with Crippen LogP contribution in [0.3, 0.4) is 0 Å². The van der Waals surface area contributed by atoms with Gasteiger partial charge in [0.25, 0.3) is 5.91 Å². The van der Waals surface area contributed by atoms with Gasteiger partial charge in [0.05, 0.1) is 12.7 Å². The number of amides is 1. The molecule has 0 saturated carbocycles. The summed E-state index contributed by atoms with van der Waals surface area (Å²) in [5, 5.41) is 0. The minimum absolute atomic E-state index is 0.151. The van der Waals surface area contributed by atoms with Gasteiger partial charge in [0.15, 0.2) is 0 Å². The summed E-state index contributed by atoms with van der Waals surface area (Å²) in [6.45, 7) is 2.51. The van der Waals surface area contributed by atoms with E-state index < -0.39 is 0 Å². The Bertz CT molecular complexity index is 643. The molecule has 1 unspecified atom stereocenters. The molecule has 1 atom stereocenters. The maximum absolute atomic E-state index is 11.4. The number of nitrogens with two attached hydrogens (primary N) is 1. The van der Waals surface area contributed by atoms with Crippen molar-refractivity contribution in [2.75, 3.05) is 24.6 Å². The molecule has 120 valence electrons. The van der Waals surface area contributed by atoms with Gasteiger partial charge in [-0.1, -0.05) is 30.3 Å². The van der Waals surface area contributed by atoms with Crippen LogP contribution in [0.25, 0.3) is 0 Å². The molecule has 0 aliphatic carbocycles. The lowest BCUT2D eigenvalue weighted by Crippen LogP contribution is -2.43. The maximum atomic E-state index is 11.4. The average molecular weight is 311 g/mol. The largest absolute Gasteiger partial charge is 0.374 e. The number of hydrazine groups is 1. The molecule has 1 aliphatic rings. The van der Waals surface area contributed by atoms with Gasteiger partial charge in [-0.3, -0.25) is 10.2 Å². The van der Waals surface area contributed by atoms with Crippen LogP contribution in [-0.4, -0.2) is 31.7 Å². The van der Waals surface area contributed by atoms with Gasteiger partial charge in [-0.05, 0) is 29.8 Å².